The third-order valence-electron chi connectivity index (χ3n) is 2.69. The van der Waals surface area contributed by atoms with E-state index in [-0.39, 0.29) is 0 Å². The highest BCUT2D eigenvalue weighted by Crippen LogP contribution is 2.29. The highest BCUT2D eigenvalue weighted by molar-refractivity contribution is 8.00. The van der Waals surface area contributed by atoms with Gasteiger partial charge in [0.2, 0.25) is 0 Å². The summed E-state index contributed by atoms with van der Waals surface area (Å²) in [7, 11) is 0. The number of hydrogen-bond donors (Lipinski definition) is 1. The maximum Gasteiger partial charge on any atom is 0.130 e. The zero-order chi connectivity index (χ0) is 12.4. The third kappa shape index (κ3) is 2.26. The molecule has 88 valence electrons. The van der Waals surface area contributed by atoms with E-state index in [0.29, 0.717) is 11.4 Å². The number of anilines is 1. The summed E-state index contributed by atoms with van der Waals surface area (Å²) in [4.78, 5) is 14.9. The zero-order valence-corrected chi connectivity index (χ0v) is 10.7. The first-order chi connectivity index (χ1) is 8.13. The van der Waals surface area contributed by atoms with Gasteiger partial charge < -0.3 is 10.5 Å². The second-order valence-corrected chi connectivity index (χ2v) is 4.96. The number of nitrogens with two attached hydrogens (primary N) is 1. The minimum Gasteiger partial charge on any atom is -0.397 e. The van der Waals surface area contributed by atoms with Gasteiger partial charge >= 0.3 is 0 Å². The summed E-state index contributed by atoms with van der Waals surface area (Å²) in [6.07, 6.45) is 0.860. The van der Waals surface area contributed by atoms with Gasteiger partial charge in [-0.2, -0.15) is 0 Å². The molecule has 0 saturated carbocycles. The number of nitrogen functional groups attached to an aromatic ring is 1. The van der Waals surface area contributed by atoms with Crippen LogP contribution in [0.15, 0.2) is 23.2 Å². The maximum atomic E-state index is 10.4. The summed E-state index contributed by atoms with van der Waals surface area (Å²) in [5.41, 5.74) is 9.84. The van der Waals surface area contributed by atoms with Crippen LogP contribution in [0.25, 0.3) is 10.9 Å². The molecule has 0 fully saturated rings. The zero-order valence-electron chi connectivity index (χ0n) is 9.86. The van der Waals surface area contributed by atoms with Crippen LogP contribution in [0.3, 0.4) is 0 Å². The number of aldehydes is 1. The lowest BCUT2D eigenvalue weighted by Crippen LogP contribution is -1.96. The molecule has 1 aromatic heterocycles. The van der Waals surface area contributed by atoms with Gasteiger partial charge in [-0.05, 0) is 31.0 Å². The van der Waals surface area contributed by atoms with Crippen LogP contribution in [0.2, 0.25) is 0 Å². The van der Waals surface area contributed by atoms with E-state index in [1.54, 1.807) is 0 Å². The molecule has 0 atom stereocenters. The van der Waals surface area contributed by atoms with Gasteiger partial charge in [-0.1, -0.05) is 23.9 Å². The molecule has 0 aliphatic carbocycles. The van der Waals surface area contributed by atoms with E-state index in [2.05, 4.69) is 17.1 Å². The smallest absolute Gasteiger partial charge is 0.130 e. The van der Waals surface area contributed by atoms with Crippen molar-refractivity contribution >= 4 is 34.6 Å². The van der Waals surface area contributed by atoms with E-state index in [1.807, 2.05) is 19.9 Å². The van der Waals surface area contributed by atoms with Gasteiger partial charge in [0.25, 0.3) is 0 Å². The number of thioether (sulfide) groups is 1. The van der Waals surface area contributed by atoms with Crippen molar-refractivity contribution in [3.8, 4) is 0 Å². The largest absolute Gasteiger partial charge is 0.397 e. The number of carbonyl (C=O) groups excluding carboxylic acids is 1. The molecule has 0 aliphatic rings. The van der Waals surface area contributed by atoms with Crippen molar-refractivity contribution in [3.63, 3.8) is 0 Å². The molecule has 17 heavy (non-hydrogen) atoms. The molecule has 2 aromatic rings. The fourth-order valence-electron chi connectivity index (χ4n) is 1.76. The first-order valence-electron chi connectivity index (χ1n) is 5.36. The molecule has 0 radical (unpaired) electrons. The summed E-state index contributed by atoms with van der Waals surface area (Å²) in [5, 5.41) is 1.82. The highest BCUT2D eigenvalue weighted by atomic mass is 32.2. The van der Waals surface area contributed by atoms with Crippen molar-refractivity contribution in [1.29, 1.82) is 0 Å². The molecule has 0 aliphatic heterocycles. The van der Waals surface area contributed by atoms with Crippen LogP contribution in [0.1, 0.15) is 11.1 Å². The molecule has 0 unspecified atom stereocenters. The summed E-state index contributed by atoms with van der Waals surface area (Å²) in [5.74, 6) is 0.383. The molecule has 0 saturated heterocycles. The number of aryl methyl sites for hydroxylation is 2. The van der Waals surface area contributed by atoms with Gasteiger partial charge in [-0.25, -0.2) is 4.98 Å². The Labute approximate surface area is 104 Å². The van der Waals surface area contributed by atoms with Gasteiger partial charge in [-0.3, -0.25) is 0 Å². The number of nitrogens with zero attached hydrogens (tertiary/aromatic N) is 1. The number of rotatable bonds is 3. The fourth-order valence-corrected chi connectivity index (χ4v) is 2.37. The second-order valence-electron chi connectivity index (χ2n) is 3.96. The van der Waals surface area contributed by atoms with E-state index >= 15 is 0 Å². The number of aromatic nitrogens is 1. The van der Waals surface area contributed by atoms with Gasteiger partial charge in [0.05, 0.1) is 17.0 Å². The van der Waals surface area contributed by atoms with Gasteiger partial charge in [0.1, 0.15) is 11.3 Å². The predicted octanol–water partition coefficient (Wildman–Crippen LogP) is 2.72. The summed E-state index contributed by atoms with van der Waals surface area (Å²) in [6, 6.07) is 6.06. The molecular formula is C13H14N2OS. The molecule has 1 heterocycles. The lowest BCUT2D eigenvalue weighted by Gasteiger charge is -2.09. The molecule has 1 aromatic carbocycles. The van der Waals surface area contributed by atoms with Crippen LogP contribution < -0.4 is 5.73 Å². The quantitative estimate of drug-likeness (QED) is 0.668. The molecule has 0 amide bonds. The van der Waals surface area contributed by atoms with Crippen molar-refractivity contribution in [3.05, 3.63) is 29.3 Å². The Kier molecular flexibility index (Phi) is 3.33. The first kappa shape index (κ1) is 11.9. The summed E-state index contributed by atoms with van der Waals surface area (Å²) >= 11 is 1.37. The number of benzene rings is 1. The first-order valence-corrected chi connectivity index (χ1v) is 6.35. The Balaban J connectivity index is 2.62. The number of fused-ring (bicyclic) bond motifs is 1. The SMILES string of the molecule is Cc1ccc(C)c2nc(SCC=O)c(N)cc12. The average molecular weight is 246 g/mol. The molecular weight excluding hydrogens is 232 g/mol. The number of pyridine rings is 1. The molecule has 4 heteroatoms. The Morgan fingerprint density at radius 3 is 2.76 bits per heavy atom. The van der Waals surface area contributed by atoms with E-state index in [4.69, 9.17) is 5.73 Å². The van der Waals surface area contributed by atoms with E-state index in [0.717, 1.165) is 33.3 Å². The Hall–Kier alpha value is -1.55. The van der Waals surface area contributed by atoms with Crippen LogP contribution in [-0.2, 0) is 4.79 Å². The van der Waals surface area contributed by atoms with Crippen LogP contribution >= 0.6 is 11.8 Å². The molecule has 0 spiro atoms. The summed E-state index contributed by atoms with van der Waals surface area (Å²) < 4.78 is 0. The molecule has 2 rings (SSSR count). The minimum absolute atomic E-state index is 0.383. The average Bonchev–Trinajstić information content (AvgIpc) is 2.32. The summed E-state index contributed by atoms with van der Waals surface area (Å²) in [6.45, 7) is 4.07. The molecule has 3 nitrogen and oxygen atoms in total. The van der Waals surface area contributed by atoms with E-state index in [1.165, 1.54) is 11.8 Å². The fraction of sp³-hybridized carbons (Fsp3) is 0.231. The Morgan fingerprint density at radius 1 is 1.35 bits per heavy atom. The van der Waals surface area contributed by atoms with Crippen molar-refractivity contribution in [2.24, 2.45) is 0 Å². The third-order valence-corrected chi connectivity index (χ3v) is 3.59. The van der Waals surface area contributed by atoms with Gasteiger partial charge in [0.15, 0.2) is 0 Å². The number of carbonyl (C=O) groups is 1. The predicted molar refractivity (Wildman–Crippen MR) is 72.4 cm³/mol. The van der Waals surface area contributed by atoms with Crippen molar-refractivity contribution in [2.45, 2.75) is 18.9 Å². The molecule has 2 N–H and O–H groups in total. The monoisotopic (exact) mass is 246 g/mol. The van der Waals surface area contributed by atoms with Crippen LogP contribution in [0.4, 0.5) is 5.69 Å². The van der Waals surface area contributed by atoms with Gasteiger partial charge in [-0.15, -0.1) is 0 Å². The molecule has 0 bridgehead atoms. The lowest BCUT2D eigenvalue weighted by molar-refractivity contribution is -0.105. The van der Waals surface area contributed by atoms with Crippen molar-refractivity contribution in [2.75, 3.05) is 11.5 Å². The Bertz CT molecular complexity index is 581. The van der Waals surface area contributed by atoms with Crippen molar-refractivity contribution < 1.29 is 4.79 Å². The van der Waals surface area contributed by atoms with Crippen LogP contribution in [-0.4, -0.2) is 17.0 Å². The van der Waals surface area contributed by atoms with E-state index in [9.17, 15) is 4.79 Å². The number of hydrogen-bond acceptors (Lipinski definition) is 4. The van der Waals surface area contributed by atoms with E-state index < -0.39 is 0 Å². The highest BCUT2D eigenvalue weighted by Gasteiger charge is 2.08. The maximum absolute atomic E-state index is 10.4. The Morgan fingerprint density at radius 2 is 2.06 bits per heavy atom. The topological polar surface area (TPSA) is 56.0 Å². The van der Waals surface area contributed by atoms with Gasteiger partial charge in [0, 0.05) is 5.39 Å². The van der Waals surface area contributed by atoms with Crippen LogP contribution in [0, 0.1) is 13.8 Å². The lowest BCUT2D eigenvalue weighted by atomic mass is 10.1. The standard InChI is InChI=1S/C13H14N2OS/c1-8-3-4-9(2)12-10(8)7-11(14)13(15-12)17-6-5-16/h3-5,7H,6,14H2,1-2H3. The normalized spacial score (nSPS) is 10.7. The second kappa shape index (κ2) is 4.75. The minimum atomic E-state index is 0.383. The van der Waals surface area contributed by atoms with Crippen molar-refractivity contribution in [1.82, 2.24) is 4.98 Å². The van der Waals surface area contributed by atoms with Crippen LogP contribution in [0.5, 0.6) is 0 Å².